The van der Waals surface area contributed by atoms with Gasteiger partial charge in [-0.3, -0.25) is 0 Å². The van der Waals surface area contributed by atoms with Crippen molar-refractivity contribution in [2.75, 3.05) is 5.32 Å². The number of nitriles is 1. The molecule has 2 aromatic carbocycles. The normalized spacial score (nSPS) is 11.0. The van der Waals surface area contributed by atoms with Gasteiger partial charge in [-0.15, -0.1) is 0 Å². The summed E-state index contributed by atoms with van der Waals surface area (Å²) in [7, 11) is 0. The molecule has 0 amide bonds. The Morgan fingerprint density at radius 3 is 2.56 bits per heavy atom. The second-order valence-electron chi connectivity index (χ2n) is 5.01. The second kappa shape index (κ2) is 7.19. The van der Waals surface area contributed by atoms with Crippen LogP contribution in [-0.4, -0.2) is 20.9 Å². The van der Waals surface area contributed by atoms with E-state index in [2.05, 4.69) is 20.4 Å². The molecule has 1 heterocycles. The molecule has 1 aromatic heterocycles. The maximum atomic E-state index is 14.0. The Bertz CT molecular complexity index is 964. The Hall–Kier alpha value is -3.79. The number of aromatic nitrogens is 2. The molecule has 0 bridgehead atoms. The van der Waals surface area contributed by atoms with Crippen molar-refractivity contribution in [3.8, 4) is 6.07 Å². The van der Waals surface area contributed by atoms with Crippen molar-refractivity contribution >= 4 is 17.3 Å². The van der Waals surface area contributed by atoms with E-state index in [1.807, 2.05) is 6.07 Å². The van der Waals surface area contributed by atoms with Crippen LogP contribution in [0, 0.1) is 17.1 Å². The van der Waals surface area contributed by atoms with E-state index in [1.165, 1.54) is 24.4 Å². The van der Waals surface area contributed by atoms with Crippen molar-refractivity contribution in [3.05, 3.63) is 83.4 Å². The molecule has 0 unspecified atom stereocenters. The molecule has 3 aromatic rings. The smallest absolute Gasteiger partial charge is 0.227 e. The fourth-order valence-corrected chi connectivity index (χ4v) is 2.20. The van der Waals surface area contributed by atoms with Crippen LogP contribution >= 0.6 is 0 Å². The SMILES string of the molecule is N#Cc1ccc(Nc2nccc(/C(=N/O)c3ccccc3F)n2)cc1. The Labute approximate surface area is 142 Å². The predicted molar refractivity (Wildman–Crippen MR) is 90.3 cm³/mol. The number of nitrogens with zero attached hydrogens (tertiary/aromatic N) is 4. The highest BCUT2D eigenvalue weighted by atomic mass is 19.1. The van der Waals surface area contributed by atoms with Crippen LogP contribution in [0.2, 0.25) is 0 Å². The third kappa shape index (κ3) is 3.59. The molecule has 6 nitrogen and oxygen atoms in total. The summed E-state index contributed by atoms with van der Waals surface area (Å²) < 4.78 is 14.0. The van der Waals surface area contributed by atoms with E-state index in [-0.39, 0.29) is 22.9 Å². The highest BCUT2D eigenvalue weighted by Crippen LogP contribution is 2.16. The fraction of sp³-hybridized carbons (Fsp3) is 0. The van der Waals surface area contributed by atoms with Gasteiger partial charge in [0.2, 0.25) is 5.95 Å². The first kappa shape index (κ1) is 16.1. The third-order valence-corrected chi connectivity index (χ3v) is 3.40. The summed E-state index contributed by atoms with van der Waals surface area (Å²) in [6.45, 7) is 0. The molecule has 122 valence electrons. The molecule has 0 saturated carbocycles. The van der Waals surface area contributed by atoms with E-state index in [9.17, 15) is 9.60 Å². The van der Waals surface area contributed by atoms with Crippen LogP contribution in [0.4, 0.5) is 16.0 Å². The molecule has 0 aliphatic carbocycles. The van der Waals surface area contributed by atoms with Crippen LogP contribution in [-0.2, 0) is 0 Å². The number of rotatable bonds is 4. The van der Waals surface area contributed by atoms with Crippen LogP contribution in [0.5, 0.6) is 0 Å². The maximum absolute atomic E-state index is 14.0. The quantitative estimate of drug-likeness (QED) is 0.433. The highest BCUT2D eigenvalue weighted by molar-refractivity contribution is 6.11. The Morgan fingerprint density at radius 2 is 1.88 bits per heavy atom. The van der Waals surface area contributed by atoms with Gasteiger partial charge in [0.25, 0.3) is 0 Å². The average Bonchev–Trinajstić information content (AvgIpc) is 2.65. The molecule has 25 heavy (non-hydrogen) atoms. The molecule has 0 radical (unpaired) electrons. The second-order valence-corrected chi connectivity index (χ2v) is 5.01. The number of hydrogen-bond acceptors (Lipinski definition) is 6. The van der Waals surface area contributed by atoms with Crippen LogP contribution in [0.3, 0.4) is 0 Å². The number of oxime groups is 1. The van der Waals surface area contributed by atoms with Crippen LogP contribution in [0.1, 0.15) is 16.8 Å². The summed E-state index contributed by atoms with van der Waals surface area (Å²) in [5.74, 6) is -0.268. The Morgan fingerprint density at radius 1 is 1.12 bits per heavy atom. The lowest BCUT2D eigenvalue weighted by Crippen LogP contribution is -2.10. The standard InChI is InChI=1S/C18H12FN5O/c19-15-4-2-1-3-14(15)17(24-25)16-9-10-21-18(23-16)22-13-7-5-12(11-20)6-8-13/h1-10,25H,(H,21,22,23)/b24-17+. The largest absolute Gasteiger partial charge is 0.410 e. The molecule has 0 atom stereocenters. The van der Waals surface area contributed by atoms with Gasteiger partial charge < -0.3 is 10.5 Å². The zero-order valence-corrected chi connectivity index (χ0v) is 12.9. The van der Waals surface area contributed by atoms with E-state index in [4.69, 9.17) is 5.26 Å². The van der Waals surface area contributed by atoms with E-state index >= 15 is 0 Å². The lowest BCUT2D eigenvalue weighted by molar-refractivity contribution is 0.319. The Kier molecular flexibility index (Phi) is 4.62. The number of anilines is 2. The van der Waals surface area contributed by atoms with Crippen molar-refractivity contribution in [2.45, 2.75) is 0 Å². The monoisotopic (exact) mass is 333 g/mol. The number of nitrogens with one attached hydrogen (secondary N) is 1. The molecule has 2 N–H and O–H groups in total. The lowest BCUT2D eigenvalue weighted by atomic mass is 10.1. The summed E-state index contributed by atoms with van der Waals surface area (Å²) in [6.07, 6.45) is 1.47. The van der Waals surface area contributed by atoms with Gasteiger partial charge in [-0.2, -0.15) is 5.26 Å². The zero-order chi connectivity index (χ0) is 17.6. The lowest BCUT2D eigenvalue weighted by Gasteiger charge is -2.08. The van der Waals surface area contributed by atoms with E-state index in [0.717, 1.165) is 0 Å². The van der Waals surface area contributed by atoms with E-state index < -0.39 is 5.82 Å². The molecular weight excluding hydrogens is 321 g/mol. The van der Waals surface area contributed by atoms with Gasteiger partial charge >= 0.3 is 0 Å². The number of halogens is 1. The van der Waals surface area contributed by atoms with Gasteiger partial charge in [-0.05, 0) is 42.5 Å². The first-order chi connectivity index (χ1) is 12.2. The predicted octanol–water partition coefficient (Wildman–Crippen LogP) is 3.46. The summed E-state index contributed by atoms with van der Waals surface area (Å²) in [6, 6.07) is 16.3. The van der Waals surface area contributed by atoms with Gasteiger partial charge in [0.15, 0.2) is 0 Å². The van der Waals surface area contributed by atoms with Crippen LogP contribution in [0.15, 0.2) is 65.9 Å². The van der Waals surface area contributed by atoms with Crippen molar-refractivity contribution in [1.82, 2.24) is 9.97 Å². The first-order valence-corrected chi connectivity index (χ1v) is 7.29. The minimum absolute atomic E-state index is 0.00313. The molecule has 0 spiro atoms. The van der Waals surface area contributed by atoms with Gasteiger partial charge in [-0.25, -0.2) is 14.4 Å². The average molecular weight is 333 g/mol. The van der Waals surface area contributed by atoms with Crippen LogP contribution < -0.4 is 5.32 Å². The van der Waals surface area contributed by atoms with Gasteiger partial charge in [0, 0.05) is 17.4 Å². The molecule has 3 rings (SSSR count). The summed E-state index contributed by atoms with van der Waals surface area (Å²) >= 11 is 0. The number of hydrogen-bond donors (Lipinski definition) is 2. The third-order valence-electron chi connectivity index (χ3n) is 3.40. The van der Waals surface area contributed by atoms with Gasteiger partial charge in [0.05, 0.1) is 17.3 Å². The maximum Gasteiger partial charge on any atom is 0.227 e. The molecule has 7 heteroatoms. The molecule has 0 aliphatic heterocycles. The summed E-state index contributed by atoms with van der Waals surface area (Å²) in [4.78, 5) is 8.35. The van der Waals surface area contributed by atoms with Crippen molar-refractivity contribution < 1.29 is 9.60 Å². The van der Waals surface area contributed by atoms with E-state index in [0.29, 0.717) is 11.3 Å². The molecule has 0 fully saturated rings. The topological polar surface area (TPSA) is 94.2 Å². The minimum atomic E-state index is -0.518. The molecule has 0 saturated heterocycles. The van der Waals surface area contributed by atoms with Crippen LogP contribution in [0.25, 0.3) is 0 Å². The highest BCUT2D eigenvalue weighted by Gasteiger charge is 2.14. The minimum Gasteiger partial charge on any atom is -0.410 e. The number of benzene rings is 2. The molecule has 0 aliphatic rings. The first-order valence-electron chi connectivity index (χ1n) is 7.29. The van der Waals surface area contributed by atoms with Crippen molar-refractivity contribution in [2.24, 2.45) is 5.16 Å². The fourth-order valence-electron chi connectivity index (χ4n) is 2.20. The summed E-state index contributed by atoms with van der Waals surface area (Å²) in [5, 5.41) is 24.3. The van der Waals surface area contributed by atoms with Gasteiger partial charge in [0.1, 0.15) is 11.5 Å². The summed E-state index contributed by atoms with van der Waals surface area (Å²) in [5.41, 5.74) is 1.62. The van der Waals surface area contributed by atoms with E-state index in [1.54, 1.807) is 36.4 Å². The van der Waals surface area contributed by atoms with Crippen molar-refractivity contribution in [1.29, 1.82) is 5.26 Å². The zero-order valence-electron chi connectivity index (χ0n) is 12.9. The van der Waals surface area contributed by atoms with Crippen molar-refractivity contribution in [3.63, 3.8) is 0 Å². The van der Waals surface area contributed by atoms with Gasteiger partial charge in [-0.1, -0.05) is 17.3 Å². The molecular formula is C18H12FN5O. The Balaban J connectivity index is 1.90.